The molecule has 7 heteroatoms. The van der Waals surface area contributed by atoms with Crippen LogP contribution >= 0.6 is 11.3 Å². The second kappa shape index (κ2) is 8.03. The molecule has 1 aromatic heterocycles. The second-order valence-corrected chi connectivity index (χ2v) is 6.00. The predicted octanol–water partition coefficient (Wildman–Crippen LogP) is 2.69. The Morgan fingerprint density at radius 1 is 1.35 bits per heavy atom. The van der Waals surface area contributed by atoms with Crippen LogP contribution in [-0.2, 0) is 4.79 Å². The van der Waals surface area contributed by atoms with Crippen LogP contribution in [0.15, 0.2) is 35.7 Å². The number of ether oxygens (including phenoxy) is 1. The third-order valence-corrected chi connectivity index (χ3v) is 4.26. The van der Waals surface area contributed by atoms with Gasteiger partial charge in [-0.25, -0.2) is 8.78 Å². The topological polar surface area (TPSA) is 58.6 Å². The number of hydrogen-bond acceptors (Lipinski definition) is 4. The van der Waals surface area contributed by atoms with Crippen molar-refractivity contribution < 1.29 is 23.4 Å². The summed E-state index contributed by atoms with van der Waals surface area (Å²) in [5, 5.41) is 14.3. The molecule has 0 fully saturated rings. The van der Waals surface area contributed by atoms with E-state index >= 15 is 0 Å². The highest BCUT2D eigenvalue weighted by molar-refractivity contribution is 7.10. The van der Waals surface area contributed by atoms with Gasteiger partial charge in [-0.15, -0.1) is 11.3 Å². The fourth-order valence-corrected chi connectivity index (χ4v) is 2.64. The monoisotopic (exact) mass is 341 g/mol. The molecule has 0 aliphatic rings. The first-order valence-electron chi connectivity index (χ1n) is 7.04. The van der Waals surface area contributed by atoms with E-state index in [1.54, 1.807) is 6.92 Å². The Bertz CT molecular complexity index is 649. The summed E-state index contributed by atoms with van der Waals surface area (Å²) in [7, 11) is 0. The summed E-state index contributed by atoms with van der Waals surface area (Å²) in [5.41, 5.74) is 0. The van der Waals surface area contributed by atoms with Crippen LogP contribution < -0.4 is 10.1 Å². The molecule has 0 radical (unpaired) electrons. The summed E-state index contributed by atoms with van der Waals surface area (Å²) in [6, 6.07) is 6.86. The maximum absolute atomic E-state index is 13.0. The van der Waals surface area contributed by atoms with Crippen molar-refractivity contribution in [3.8, 4) is 5.75 Å². The number of nitrogens with one attached hydrogen (secondary N) is 1. The molecule has 0 aliphatic carbocycles. The van der Waals surface area contributed by atoms with E-state index in [1.807, 2.05) is 17.5 Å². The van der Waals surface area contributed by atoms with Gasteiger partial charge in [0, 0.05) is 17.5 Å². The maximum Gasteiger partial charge on any atom is 0.228 e. The lowest BCUT2D eigenvalue weighted by atomic mass is 10.1. The third kappa shape index (κ3) is 5.01. The lowest BCUT2D eigenvalue weighted by Crippen LogP contribution is -2.37. The molecular formula is C16H17F2NO3S. The van der Waals surface area contributed by atoms with E-state index in [-0.39, 0.29) is 30.7 Å². The highest BCUT2D eigenvalue weighted by atomic mass is 32.1. The van der Waals surface area contributed by atoms with Crippen LogP contribution in [-0.4, -0.2) is 30.3 Å². The molecule has 2 aromatic rings. The summed E-state index contributed by atoms with van der Waals surface area (Å²) in [6.07, 6.45) is -0.956. The van der Waals surface area contributed by atoms with Crippen molar-refractivity contribution in [3.05, 3.63) is 52.2 Å². The highest BCUT2D eigenvalue weighted by Crippen LogP contribution is 2.20. The Balaban J connectivity index is 1.75. The van der Waals surface area contributed by atoms with Crippen molar-refractivity contribution in [1.82, 2.24) is 5.32 Å². The molecule has 0 bridgehead atoms. The van der Waals surface area contributed by atoms with Gasteiger partial charge in [0.25, 0.3) is 0 Å². The Labute approximate surface area is 136 Å². The summed E-state index contributed by atoms with van der Waals surface area (Å²) >= 11 is 1.49. The minimum absolute atomic E-state index is 0.0121. The highest BCUT2D eigenvalue weighted by Gasteiger charge is 2.17. The molecule has 1 amide bonds. The molecule has 4 nitrogen and oxygen atoms in total. The summed E-state index contributed by atoms with van der Waals surface area (Å²) < 4.78 is 30.9. The molecule has 23 heavy (non-hydrogen) atoms. The van der Waals surface area contributed by atoms with Crippen molar-refractivity contribution in [2.24, 2.45) is 0 Å². The molecule has 1 heterocycles. The zero-order valence-electron chi connectivity index (χ0n) is 12.5. The van der Waals surface area contributed by atoms with E-state index in [0.717, 1.165) is 17.0 Å². The van der Waals surface area contributed by atoms with Crippen molar-refractivity contribution in [3.63, 3.8) is 0 Å². The minimum Gasteiger partial charge on any atom is -0.491 e. The van der Waals surface area contributed by atoms with Crippen molar-refractivity contribution in [2.45, 2.75) is 18.9 Å². The lowest BCUT2D eigenvalue weighted by Gasteiger charge is -2.15. The number of aliphatic hydroxyl groups excluding tert-OH is 1. The quantitative estimate of drug-likeness (QED) is 0.814. The van der Waals surface area contributed by atoms with Crippen LogP contribution in [0.2, 0.25) is 0 Å². The van der Waals surface area contributed by atoms with Crippen LogP contribution in [0.4, 0.5) is 8.78 Å². The van der Waals surface area contributed by atoms with Crippen LogP contribution in [0.5, 0.6) is 5.75 Å². The molecule has 2 N–H and O–H groups in total. The lowest BCUT2D eigenvalue weighted by molar-refractivity contribution is -0.122. The van der Waals surface area contributed by atoms with Gasteiger partial charge in [-0.2, -0.15) is 0 Å². The molecule has 0 aliphatic heterocycles. The van der Waals surface area contributed by atoms with Gasteiger partial charge in [0.05, 0.1) is 5.92 Å². The predicted molar refractivity (Wildman–Crippen MR) is 83.6 cm³/mol. The van der Waals surface area contributed by atoms with Gasteiger partial charge in [-0.3, -0.25) is 4.79 Å². The Hall–Kier alpha value is -1.99. The fourth-order valence-electron chi connectivity index (χ4n) is 1.86. The van der Waals surface area contributed by atoms with Crippen molar-refractivity contribution in [1.29, 1.82) is 0 Å². The van der Waals surface area contributed by atoms with Gasteiger partial charge in [-0.05, 0) is 30.5 Å². The summed E-state index contributed by atoms with van der Waals surface area (Å²) in [5.74, 6) is -2.36. The Morgan fingerprint density at radius 2 is 2.13 bits per heavy atom. The number of benzene rings is 1. The SMILES string of the molecule is CC(C(=O)NCC(O)COc1ccc(F)c(F)c1)c1cccs1. The first-order chi connectivity index (χ1) is 11.0. The van der Waals surface area contributed by atoms with E-state index in [1.165, 1.54) is 17.4 Å². The molecule has 0 saturated carbocycles. The number of halogens is 2. The van der Waals surface area contributed by atoms with Crippen LogP contribution in [0.3, 0.4) is 0 Å². The van der Waals surface area contributed by atoms with Crippen LogP contribution in [0, 0.1) is 11.6 Å². The third-order valence-electron chi connectivity index (χ3n) is 3.21. The van der Waals surface area contributed by atoms with Crippen molar-refractivity contribution in [2.75, 3.05) is 13.2 Å². The number of thiophene rings is 1. The Kier molecular flexibility index (Phi) is 6.06. The number of carbonyl (C=O) groups excluding carboxylic acids is 1. The van der Waals surface area contributed by atoms with Gasteiger partial charge >= 0.3 is 0 Å². The molecule has 2 unspecified atom stereocenters. The van der Waals surface area contributed by atoms with E-state index in [2.05, 4.69) is 5.32 Å². The Morgan fingerprint density at radius 3 is 2.78 bits per heavy atom. The standard InChI is InChI=1S/C16H17F2NO3S/c1-10(15-3-2-6-23-15)16(21)19-8-11(20)9-22-12-4-5-13(17)14(18)7-12/h2-7,10-11,20H,8-9H2,1H3,(H,19,21). The first kappa shape index (κ1) is 17.4. The molecule has 0 saturated heterocycles. The summed E-state index contributed by atoms with van der Waals surface area (Å²) in [6.45, 7) is 1.66. The van der Waals surface area contributed by atoms with Crippen molar-refractivity contribution >= 4 is 17.2 Å². The molecule has 2 atom stereocenters. The minimum atomic E-state index is -1.02. The number of rotatable bonds is 7. The average molecular weight is 341 g/mol. The number of aliphatic hydroxyl groups is 1. The van der Waals surface area contributed by atoms with Gasteiger partial charge < -0.3 is 15.2 Å². The fraction of sp³-hybridized carbons (Fsp3) is 0.312. The molecular weight excluding hydrogens is 324 g/mol. The van der Waals surface area contributed by atoms with E-state index in [0.29, 0.717) is 0 Å². The first-order valence-corrected chi connectivity index (χ1v) is 7.92. The van der Waals surface area contributed by atoms with E-state index in [9.17, 15) is 18.7 Å². The largest absolute Gasteiger partial charge is 0.491 e. The zero-order chi connectivity index (χ0) is 16.8. The summed E-state index contributed by atoms with van der Waals surface area (Å²) in [4.78, 5) is 12.9. The van der Waals surface area contributed by atoms with E-state index < -0.39 is 17.7 Å². The second-order valence-electron chi connectivity index (χ2n) is 5.02. The van der Waals surface area contributed by atoms with Crippen LogP contribution in [0.1, 0.15) is 17.7 Å². The molecule has 1 aromatic carbocycles. The number of carbonyl (C=O) groups is 1. The molecule has 2 rings (SSSR count). The van der Waals surface area contributed by atoms with Gasteiger partial charge in [0.2, 0.25) is 5.91 Å². The smallest absolute Gasteiger partial charge is 0.228 e. The van der Waals surface area contributed by atoms with E-state index in [4.69, 9.17) is 4.74 Å². The number of amides is 1. The van der Waals surface area contributed by atoms with Gasteiger partial charge in [0.1, 0.15) is 18.5 Å². The average Bonchev–Trinajstić information content (AvgIpc) is 3.07. The van der Waals surface area contributed by atoms with Gasteiger partial charge in [0.15, 0.2) is 11.6 Å². The normalized spacial score (nSPS) is 13.4. The zero-order valence-corrected chi connectivity index (χ0v) is 13.3. The molecule has 124 valence electrons. The van der Waals surface area contributed by atoms with Gasteiger partial charge in [-0.1, -0.05) is 6.07 Å². The van der Waals surface area contributed by atoms with Crippen LogP contribution in [0.25, 0.3) is 0 Å². The maximum atomic E-state index is 13.0. The molecule has 0 spiro atoms. The number of hydrogen-bond donors (Lipinski definition) is 2.